The highest BCUT2D eigenvalue weighted by Crippen LogP contribution is 2.44. The van der Waals surface area contributed by atoms with Crippen molar-refractivity contribution in [1.82, 2.24) is 14.5 Å². The lowest BCUT2D eigenvalue weighted by atomic mass is 9.98. The molecule has 11 aromatic carbocycles. The van der Waals surface area contributed by atoms with E-state index in [4.69, 9.17) is 23.1 Å². The minimum absolute atomic E-state index is 0.570. The molecule has 0 radical (unpaired) electrons. The lowest BCUT2D eigenvalue weighted by Gasteiger charge is -2.26. The lowest BCUT2D eigenvalue weighted by molar-refractivity contribution is 1.18. The molecule has 13 aromatic rings. The zero-order valence-corrected chi connectivity index (χ0v) is 42.8. The Kier molecular flexibility index (Phi) is 12.6. The molecular formula is C72H47N7. The number of nitrogens with zero attached hydrogens (tertiary/aromatic N) is 7. The summed E-state index contributed by atoms with van der Waals surface area (Å²) >= 11 is 0. The lowest BCUT2D eigenvalue weighted by Crippen LogP contribution is -2.09. The molecule has 0 aliphatic heterocycles. The van der Waals surface area contributed by atoms with Gasteiger partial charge >= 0.3 is 0 Å². The van der Waals surface area contributed by atoms with Crippen LogP contribution in [-0.4, -0.2) is 14.5 Å². The summed E-state index contributed by atoms with van der Waals surface area (Å²) in [6.45, 7) is 15.3. The van der Waals surface area contributed by atoms with Gasteiger partial charge in [0.25, 0.3) is 0 Å². The van der Waals surface area contributed by atoms with Gasteiger partial charge in [-0.1, -0.05) is 182 Å². The number of rotatable bonds is 12. The summed E-state index contributed by atoms with van der Waals surface area (Å²) in [5.74, 6) is 0.698. The molecule has 0 amide bonds. The Morgan fingerprint density at radius 3 is 1.03 bits per heavy atom. The number of hydrogen-bond acceptors (Lipinski definition) is 4. The van der Waals surface area contributed by atoms with E-state index in [-0.39, 0.29) is 0 Å². The Hall–Kier alpha value is -11.1. The fourth-order valence-electron chi connectivity index (χ4n) is 10.5. The highest BCUT2D eigenvalue weighted by molar-refractivity contribution is 6.12. The van der Waals surface area contributed by atoms with E-state index in [0.29, 0.717) is 17.2 Å². The van der Waals surface area contributed by atoms with Gasteiger partial charge in [-0.3, -0.25) is 0 Å². The number of benzene rings is 11. The Morgan fingerprint density at radius 2 is 0.620 bits per heavy atom. The molecule has 7 nitrogen and oxygen atoms in total. The van der Waals surface area contributed by atoms with E-state index in [1.165, 1.54) is 0 Å². The molecule has 370 valence electrons. The van der Waals surface area contributed by atoms with Gasteiger partial charge in [-0.2, -0.15) is 0 Å². The maximum atomic E-state index is 7.63. The van der Waals surface area contributed by atoms with Crippen molar-refractivity contribution in [2.24, 2.45) is 0 Å². The minimum Gasteiger partial charge on any atom is -0.311 e. The first-order valence-electron chi connectivity index (χ1n) is 26.1. The third-order valence-electron chi connectivity index (χ3n) is 14.4. The van der Waals surface area contributed by atoms with Crippen molar-refractivity contribution >= 4 is 67.3 Å². The first-order valence-corrected chi connectivity index (χ1v) is 26.1. The molecule has 7 heteroatoms. The molecule has 0 bridgehead atoms. The molecule has 0 aliphatic rings. The van der Waals surface area contributed by atoms with Crippen LogP contribution in [0, 0.1) is 13.1 Å². The first kappa shape index (κ1) is 47.6. The molecule has 0 unspecified atom stereocenters. The monoisotopic (exact) mass is 1010 g/mol. The topological polar surface area (TPSA) is 45.9 Å². The number of hydrogen-bond donors (Lipinski definition) is 0. The smallest absolute Gasteiger partial charge is 0.187 e. The van der Waals surface area contributed by atoms with E-state index < -0.39 is 0 Å². The Bertz CT molecular complexity index is 4220. The maximum absolute atomic E-state index is 7.63. The Labute approximate surface area is 459 Å². The Morgan fingerprint density at radius 1 is 0.291 bits per heavy atom. The van der Waals surface area contributed by atoms with Crippen LogP contribution >= 0.6 is 0 Å². The van der Waals surface area contributed by atoms with Crippen molar-refractivity contribution in [3.8, 4) is 61.8 Å². The van der Waals surface area contributed by atoms with Crippen molar-refractivity contribution in [2.75, 3.05) is 9.80 Å². The van der Waals surface area contributed by atoms with Gasteiger partial charge < -0.3 is 14.4 Å². The van der Waals surface area contributed by atoms with Gasteiger partial charge in [-0.25, -0.2) is 19.7 Å². The normalized spacial score (nSPS) is 11.0. The third kappa shape index (κ3) is 9.42. The summed E-state index contributed by atoms with van der Waals surface area (Å²) in [5, 5.41) is 2.17. The molecule has 0 spiro atoms. The van der Waals surface area contributed by atoms with E-state index in [2.05, 4.69) is 212 Å². The molecule has 0 atom stereocenters. The van der Waals surface area contributed by atoms with Crippen LogP contribution in [0.5, 0.6) is 0 Å². The highest BCUT2D eigenvalue weighted by atomic mass is 15.2. The molecule has 0 fully saturated rings. The van der Waals surface area contributed by atoms with Crippen molar-refractivity contribution < 1.29 is 0 Å². The standard InChI is InChI=1S/C72H47N7/c1-73-57-33-39-61(40-34-57)78(62-41-35-58(74-2)36-42-62)65-44-46-71-67(48-65)66-47-64(77(59-19-11-5-12-20-59)60-21-13-6-14-22-60)43-45-70(66)79(71)63-37-31-53(32-38-63)51-25-23-50(24-26-51)52-27-29-55(30-28-52)69-49-68(54-15-7-3-8-16-54)75-72(76-69)56-17-9-4-10-18-56/h3-49H. The Balaban J connectivity index is 0.856. The molecule has 2 aromatic heterocycles. The molecular weight excluding hydrogens is 963 g/mol. The van der Waals surface area contributed by atoms with Crippen LogP contribution in [0.2, 0.25) is 0 Å². The largest absolute Gasteiger partial charge is 0.311 e. The fourth-order valence-corrected chi connectivity index (χ4v) is 10.5. The van der Waals surface area contributed by atoms with Gasteiger partial charge in [-0.05, 0) is 125 Å². The van der Waals surface area contributed by atoms with Crippen molar-refractivity contribution in [3.63, 3.8) is 0 Å². The maximum Gasteiger partial charge on any atom is 0.187 e. The third-order valence-corrected chi connectivity index (χ3v) is 14.4. The SMILES string of the molecule is [C-]#[N+]c1ccc(N(c2ccc([N+]#[C-])cc2)c2ccc3c(c2)c2cc(N(c4ccccc4)c4ccccc4)ccc2n3-c2ccc(-c3ccc(-c4ccc(-c5cc(-c6ccccc6)nc(-c6ccccc6)n5)cc4)cc3)cc2)cc1. The summed E-state index contributed by atoms with van der Waals surface area (Å²) in [6.07, 6.45) is 0. The van der Waals surface area contributed by atoms with E-state index in [9.17, 15) is 0 Å². The van der Waals surface area contributed by atoms with Crippen LogP contribution in [0.4, 0.5) is 45.5 Å². The highest BCUT2D eigenvalue weighted by Gasteiger charge is 2.21. The minimum atomic E-state index is 0.570. The van der Waals surface area contributed by atoms with E-state index in [1.54, 1.807) is 0 Å². The average molecular weight is 1010 g/mol. The number of fused-ring (bicyclic) bond motifs is 3. The van der Waals surface area contributed by atoms with Gasteiger partial charge in [0.15, 0.2) is 17.2 Å². The molecule has 0 aliphatic carbocycles. The molecule has 2 heterocycles. The second-order valence-electron chi connectivity index (χ2n) is 19.2. The second kappa shape index (κ2) is 20.9. The summed E-state index contributed by atoms with van der Waals surface area (Å²) in [4.78, 5) is 21.8. The predicted molar refractivity (Wildman–Crippen MR) is 325 cm³/mol. The fraction of sp³-hybridized carbons (Fsp3) is 0. The van der Waals surface area contributed by atoms with Crippen molar-refractivity contribution in [3.05, 3.63) is 308 Å². The van der Waals surface area contributed by atoms with Crippen LogP contribution in [0.25, 0.3) is 93.3 Å². The molecule has 79 heavy (non-hydrogen) atoms. The predicted octanol–water partition coefficient (Wildman–Crippen LogP) is 19.9. The number of aromatic nitrogens is 3. The van der Waals surface area contributed by atoms with Crippen molar-refractivity contribution in [1.29, 1.82) is 0 Å². The first-order chi connectivity index (χ1) is 39.0. The number of anilines is 6. The number of para-hydroxylation sites is 2. The average Bonchev–Trinajstić information content (AvgIpc) is 4.07. The molecule has 13 rings (SSSR count). The van der Waals surface area contributed by atoms with Gasteiger partial charge in [0, 0.05) is 67.3 Å². The molecule has 0 N–H and O–H groups in total. The second-order valence-corrected chi connectivity index (χ2v) is 19.2. The quantitative estimate of drug-likeness (QED) is 0.114. The van der Waals surface area contributed by atoms with Gasteiger partial charge in [0.2, 0.25) is 0 Å². The summed E-state index contributed by atoms with van der Waals surface area (Å²) in [7, 11) is 0. The zero-order valence-electron chi connectivity index (χ0n) is 42.8. The molecule has 0 saturated heterocycles. The van der Waals surface area contributed by atoms with E-state index in [1.807, 2.05) is 97.1 Å². The van der Waals surface area contributed by atoms with Crippen molar-refractivity contribution in [2.45, 2.75) is 0 Å². The van der Waals surface area contributed by atoms with Crippen LogP contribution in [0.3, 0.4) is 0 Å². The zero-order chi connectivity index (χ0) is 53.1. The summed E-state index contributed by atoms with van der Waals surface area (Å²) < 4.78 is 2.36. The van der Waals surface area contributed by atoms with Crippen LogP contribution < -0.4 is 9.80 Å². The summed E-state index contributed by atoms with van der Waals surface area (Å²) in [6, 6.07) is 98.5. The van der Waals surface area contributed by atoms with Gasteiger partial charge in [0.1, 0.15) is 0 Å². The van der Waals surface area contributed by atoms with Crippen LogP contribution in [-0.2, 0) is 0 Å². The van der Waals surface area contributed by atoms with Gasteiger partial charge in [0.05, 0.1) is 35.6 Å². The van der Waals surface area contributed by atoms with Crippen LogP contribution in [0.15, 0.2) is 285 Å². The van der Waals surface area contributed by atoms with E-state index >= 15 is 0 Å². The van der Waals surface area contributed by atoms with E-state index in [0.717, 1.165) is 112 Å². The molecule has 0 saturated carbocycles. The van der Waals surface area contributed by atoms with Crippen LogP contribution in [0.1, 0.15) is 0 Å². The summed E-state index contributed by atoms with van der Waals surface area (Å²) in [5.41, 5.74) is 19.5. The van der Waals surface area contributed by atoms with Gasteiger partial charge in [-0.15, -0.1) is 0 Å².